The first-order chi connectivity index (χ1) is 8.23. The Balaban J connectivity index is 1.99. The van der Waals surface area contributed by atoms with Crippen LogP contribution >= 0.6 is 0 Å². The number of nitrogens with zero attached hydrogens (tertiary/aromatic N) is 2. The van der Waals surface area contributed by atoms with E-state index >= 15 is 0 Å². The van der Waals surface area contributed by atoms with E-state index in [1.165, 1.54) is 0 Å². The van der Waals surface area contributed by atoms with Crippen LogP contribution in [0.25, 0.3) is 0 Å². The van der Waals surface area contributed by atoms with E-state index in [-0.39, 0.29) is 5.54 Å². The minimum absolute atomic E-state index is 0.0917. The molecule has 1 saturated heterocycles. The van der Waals surface area contributed by atoms with Gasteiger partial charge in [-0.2, -0.15) is 0 Å². The Hall–Kier alpha value is -1.07. The molecule has 1 aliphatic heterocycles. The standard InChI is InChI=1S/C12H21N3O2/c1-12(3-8-17-9-4-12)14-11-13-5-6-15(11)7-10-16-2/h5-6H,3-4,7-10H2,1-2H3,(H,13,14). The van der Waals surface area contributed by atoms with Gasteiger partial charge >= 0.3 is 0 Å². The lowest BCUT2D eigenvalue weighted by Gasteiger charge is -2.34. The SMILES string of the molecule is COCCn1ccnc1NC1(C)CCOCC1. The van der Waals surface area contributed by atoms with Crippen LogP contribution in [0.2, 0.25) is 0 Å². The van der Waals surface area contributed by atoms with Crippen molar-refractivity contribution < 1.29 is 9.47 Å². The fraction of sp³-hybridized carbons (Fsp3) is 0.750. The molecule has 96 valence electrons. The number of imidazole rings is 1. The average Bonchev–Trinajstić information content (AvgIpc) is 2.74. The first-order valence-corrected chi connectivity index (χ1v) is 6.09. The van der Waals surface area contributed by atoms with Crippen molar-refractivity contribution in [2.45, 2.75) is 31.8 Å². The first-order valence-electron chi connectivity index (χ1n) is 6.09. The van der Waals surface area contributed by atoms with Crippen molar-refractivity contribution in [3.63, 3.8) is 0 Å². The van der Waals surface area contributed by atoms with E-state index in [9.17, 15) is 0 Å². The summed E-state index contributed by atoms with van der Waals surface area (Å²) in [4.78, 5) is 4.36. The Bertz CT molecular complexity index is 345. The lowest BCUT2D eigenvalue weighted by molar-refractivity contribution is 0.0654. The zero-order valence-corrected chi connectivity index (χ0v) is 10.6. The molecule has 1 fully saturated rings. The molecular formula is C12H21N3O2. The lowest BCUT2D eigenvalue weighted by atomic mass is 9.93. The van der Waals surface area contributed by atoms with E-state index in [0.717, 1.165) is 38.5 Å². The summed E-state index contributed by atoms with van der Waals surface area (Å²) in [6.45, 7) is 5.39. The van der Waals surface area contributed by atoms with Gasteiger partial charge in [0.25, 0.3) is 0 Å². The monoisotopic (exact) mass is 239 g/mol. The zero-order valence-electron chi connectivity index (χ0n) is 10.6. The maximum absolute atomic E-state index is 5.39. The molecule has 2 heterocycles. The molecule has 0 spiro atoms. The van der Waals surface area contributed by atoms with Crippen LogP contribution in [-0.2, 0) is 16.0 Å². The van der Waals surface area contributed by atoms with Crippen LogP contribution in [0.4, 0.5) is 5.95 Å². The Labute approximate surface area is 102 Å². The average molecular weight is 239 g/mol. The Morgan fingerprint density at radius 2 is 2.29 bits per heavy atom. The van der Waals surface area contributed by atoms with Crippen molar-refractivity contribution in [3.8, 4) is 0 Å². The molecule has 1 N–H and O–H groups in total. The number of anilines is 1. The van der Waals surface area contributed by atoms with E-state index in [4.69, 9.17) is 9.47 Å². The van der Waals surface area contributed by atoms with Gasteiger partial charge in [0.05, 0.1) is 6.61 Å². The molecule has 0 amide bonds. The largest absolute Gasteiger partial charge is 0.383 e. The fourth-order valence-electron chi connectivity index (χ4n) is 2.02. The van der Waals surface area contributed by atoms with Gasteiger partial charge in [-0.25, -0.2) is 4.98 Å². The summed E-state index contributed by atoms with van der Waals surface area (Å²) in [6.07, 6.45) is 5.83. The van der Waals surface area contributed by atoms with Crippen molar-refractivity contribution in [2.75, 3.05) is 32.2 Å². The third-order valence-corrected chi connectivity index (χ3v) is 3.26. The molecule has 0 unspecified atom stereocenters. The number of aromatic nitrogens is 2. The lowest BCUT2D eigenvalue weighted by Crippen LogP contribution is -2.41. The zero-order chi connectivity index (χ0) is 12.1. The van der Waals surface area contributed by atoms with E-state index in [0.29, 0.717) is 6.61 Å². The molecule has 5 heteroatoms. The highest BCUT2D eigenvalue weighted by atomic mass is 16.5. The Morgan fingerprint density at radius 1 is 1.53 bits per heavy atom. The van der Waals surface area contributed by atoms with Crippen LogP contribution in [0.3, 0.4) is 0 Å². The number of nitrogens with one attached hydrogen (secondary N) is 1. The van der Waals surface area contributed by atoms with Crippen LogP contribution in [0, 0.1) is 0 Å². The Morgan fingerprint density at radius 3 is 3.00 bits per heavy atom. The Kier molecular flexibility index (Phi) is 4.02. The van der Waals surface area contributed by atoms with Crippen LogP contribution in [-0.4, -0.2) is 42.0 Å². The molecule has 17 heavy (non-hydrogen) atoms. The third kappa shape index (κ3) is 3.20. The van der Waals surface area contributed by atoms with E-state index in [2.05, 4.69) is 21.8 Å². The molecule has 0 aromatic carbocycles. The summed E-state index contributed by atoms with van der Waals surface area (Å²) in [5.74, 6) is 0.923. The molecule has 1 aromatic heterocycles. The second-order valence-corrected chi connectivity index (χ2v) is 4.74. The van der Waals surface area contributed by atoms with Crippen LogP contribution in [0.5, 0.6) is 0 Å². The molecule has 5 nitrogen and oxygen atoms in total. The summed E-state index contributed by atoms with van der Waals surface area (Å²) in [7, 11) is 1.71. The van der Waals surface area contributed by atoms with Crippen molar-refractivity contribution >= 4 is 5.95 Å². The summed E-state index contributed by atoms with van der Waals surface area (Å²) < 4.78 is 12.6. The van der Waals surface area contributed by atoms with Gasteiger partial charge in [-0.3, -0.25) is 0 Å². The van der Waals surface area contributed by atoms with Crippen molar-refractivity contribution in [2.24, 2.45) is 0 Å². The second kappa shape index (κ2) is 5.51. The summed E-state index contributed by atoms with van der Waals surface area (Å²) in [6, 6.07) is 0. The van der Waals surface area contributed by atoms with Gasteiger partial charge in [-0.05, 0) is 19.8 Å². The van der Waals surface area contributed by atoms with E-state index in [1.807, 2.05) is 12.4 Å². The quantitative estimate of drug-likeness (QED) is 0.846. The van der Waals surface area contributed by atoms with Crippen molar-refractivity contribution in [3.05, 3.63) is 12.4 Å². The number of rotatable bonds is 5. The predicted molar refractivity (Wildman–Crippen MR) is 66.2 cm³/mol. The normalized spacial score (nSPS) is 19.2. The second-order valence-electron chi connectivity index (χ2n) is 4.74. The highest BCUT2D eigenvalue weighted by Gasteiger charge is 2.28. The van der Waals surface area contributed by atoms with Gasteiger partial charge in [-0.15, -0.1) is 0 Å². The van der Waals surface area contributed by atoms with E-state index in [1.54, 1.807) is 7.11 Å². The molecule has 1 aromatic rings. The molecule has 0 radical (unpaired) electrons. The molecule has 0 atom stereocenters. The van der Waals surface area contributed by atoms with Crippen LogP contribution < -0.4 is 5.32 Å². The summed E-state index contributed by atoms with van der Waals surface area (Å²) in [5, 5.41) is 3.53. The van der Waals surface area contributed by atoms with Gasteiger partial charge in [0.15, 0.2) is 0 Å². The maximum Gasteiger partial charge on any atom is 0.203 e. The topological polar surface area (TPSA) is 48.3 Å². The predicted octanol–water partition coefficient (Wildman–Crippen LogP) is 1.51. The number of hydrogen-bond acceptors (Lipinski definition) is 4. The van der Waals surface area contributed by atoms with Crippen LogP contribution in [0.1, 0.15) is 19.8 Å². The first kappa shape index (κ1) is 12.4. The summed E-state index contributed by atoms with van der Waals surface area (Å²) in [5.41, 5.74) is 0.0917. The highest BCUT2D eigenvalue weighted by molar-refractivity contribution is 5.30. The van der Waals surface area contributed by atoms with Crippen molar-refractivity contribution in [1.29, 1.82) is 0 Å². The number of methoxy groups -OCH3 is 1. The molecule has 0 bridgehead atoms. The van der Waals surface area contributed by atoms with Gasteiger partial charge in [0.2, 0.25) is 5.95 Å². The highest BCUT2D eigenvalue weighted by Crippen LogP contribution is 2.24. The van der Waals surface area contributed by atoms with Gasteiger partial charge in [-0.1, -0.05) is 0 Å². The van der Waals surface area contributed by atoms with Gasteiger partial charge in [0, 0.05) is 44.8 Å². The minimum Gasteiger partial charge on any atom is -0.383 e. The molecule has 0 aliphatic carbocycles. The minimum atomic E-state index is 0.0917. The third-order valence-electron chi connectivity index (χ3n) is 3.26. The molecule has 1 aliphatic rings. The van der Waals surface area contributed by atoms with Crippen molar-refractivity contribution in [1.82, 2.24) is 9.55 Å². The van der Waals surface area contributed by atoms with E-state index < -0.39 is 0 Å². The van der Waals surface area contributed by atoms with Gasteiger partial charge < -0.3 is 19.4 Å². The van der Waals surface area contributed by atoms with Crippen LogP contribution in [0.15, 0.2) is 12.4 Å². The maximum atomic E-state index is 5.39. The molecule has 0 saturated carbocycles. The summed E-state index contributed by atoms with van der Waals surface area (Å²) >= 11 is 0. The number of hydrogen-bond donors (Lipinski definition) is 1. The number of ether oxygens (including phenoxy) is 2. The van der Waals surface area contributed by atoms with Gasteiger partial charge in [0.1, 0.15) is 0 Å². The molecule has 2 rings (SSSR count). The molecular weight excluding hydrogens is 218 g/mol. The fourth-order valence-corrected chi connectivity index (χ4v) is 2.02. The smallest absolute Gasteiger partial charge is 0.203 e.